The minimum Gasteiger partial charge on any atom is -0.313 e. The average molecular weight is 241 g/mol. The van der Waals surface area contributed by atoms with E-state index >= 15 is 0 Å². The van der Waals surface area contributed by atoms with Gasteiger partial charge in [0.25, 0.3) is 0 Å². The molecule has 0 radical (unpaired) electrons. The van der Waals surface area contributed by atoms with E-state index in [0.717, 1.165) is 19.1 Å². The number of nitrogens with one attached hydrogen (secondary N) is 1. The van der Waals surface area contributed by atoms with Gasteiger partial charge in [0.2, 0.25) is 0 Å². The van der Waals surface area contributed by atoms with Gasteiger partial charge in [-0.2, -0.15) is 0 Å². The molecule has 102 valence electrons. The van der Waals surface area contributed by atoms with Crippen molar-refractivity contribution in [2.24, 2.45) is 0 Å². The lowest BCUT2D eigenvalue weighted by Gasteiger charge is -2.34. The lowest BCUT2D eigenvalue weighted by molar-refractivity contribution is 0.169. The third-order valence-electron chi connectivity index (χ3n) is 3.91. The molecular weight excluding hydrogens is 210 g/mol. The van der Waals surface area contributed by atoms with Crippen LogP contribution in [-0.4, -0.2) is 62.7 Å². The van der Waals surface area contributed by atoms with Crippen LogP contribution in [0.15, 0.2) is 0 Å². The van der Waals surface area contributed by atoms with E-state index in [4.69, 9.17) is 0 Å². The number of hydrogen-bond acceptors (Lipinski definition) is 3. The summed E-state index contributed by atoms with van der Waals surface area (Å²) in [5, 5.41) is 3.69. The standard InChI is InChI=1S/C14H31N3/c1-5-15-13-9-7-6-8-10-14(13)17(4)12-11-16(2)3/h13-15H,5-12H2,1-4H3. The molecule has 0 aromatic carbocycles. The molecule has 1 fully saturated rings. The molecular formula is C14H31N3. The maximum absolute atomic E-state index is 3.69. The Kier molecular flexibility index (Phi) is 7.09. The second-order valence-corrected chi connectivity index (χ2v) is 5.65. The molecule has 0 bridgehead atoms. The van der Waals surface area contributed by atoms with E-state index < -0.39 is 0 Å². The van der Waals surface area contributed by atoms with Gasteiger partial charge >= 0.3 is 0 Å². The number of nitrogens with zero attached hydrogens (tertiary/aromatic N) is 2. The Balaban J connectivity index is 2.48. The Morgan fingerprint density at radius 1 is 1.00 bits per heavy atom. The first-order valence-electron chi connectivity index (χ1n) is 7.23. The second-order valence-electron chi connectivity index (χ2n) is 5.65. The van der Waals surface area contributed by atoms with Crippen molar-refractivity contribution in [3.63, 3.8) is 0 Å². The van der Waals surface area contributed by atoms with Gasteiger partial charge in [0, 0.05) is 25.2 Å². The molecule has 1 aliphatic carbocycles. The molecule has 2 unspecified atom stereocenters. The molecule has 0 aromatic heterocycles. The fourth-order valence-corrected chi connectivity index (χ4v) is 2.84. The van der Waals surface area contributed by atoms with Crippen LogP contribution in [0.4, 0.5) is 0 Å². The van der Waals surface area contributed by atoms with Crippen LogP contribution in [-0.2, 0) is 0 Å². The lowest BCUT2D eigenvalue weighted by Crippen LogP contribution is -2.49. The SMILES string of the molecule is CCNC1CCCCCC1N(C)CCN(C)C. The van der Waals surface area contributed by atoms with Crippen LogP contribution in [0.25, 0.3) is 0 Å². The summed E-state index contributed by atoms with van der Waals surface area (Å²) in [5.74, 6) is 0. The molecule has 1 N–H and O–H groups in total. The topological polar surface area (TPSA) is 18.5 Å². The van der Waals surface area contributed by atoms with Crippen LogP contribution in [0.5, 0.6) is 0 Å². The average Bonchev–Trinajstić information content (AvgIpc) is 2.52. The highest BCUT2D eigenvalue weighted by Crippen LogP contribution is 2.21. The van der Waals surface area contributed by atoms with Crippen LogP contribution in [0, 0.1) is 0 Å². The van der Waals surface area contributed by atoms with Crippen molar-refractivity contribution in [1.82, 2.24) is 15.1 Å². The largest absolute Gasteiger partial charge is 0.313 e. The number of hydrogen-bond donors (Lipinski definition) is 1. The first-order chi connectivity index (χ1) is 8.15. The molecule has 17 heavy (non-hydrogen) atoms. The maximum Gasteiger partial charge on any atom is 0.0246 e. The van der Waals surface area contributed by atoms with E-state index in [1.807, 2.05) is 0 Å². The van der Waals surface area contributed by atoms with Gasteiger partial charge in [0.05, 0.1) is 0 Å². The van der Waals surface area contributed by atoms with Gasteiger partial charge in [-0.3, -0.25) is 0 Å². The summed E-state index contributed by atoms with van der Waals surface area (Å²) < 4.78 is 0. The quantitative estimate of drug-likeness (QED) is 0.715. The zero-order chi connectivity index (χ0) is 12.7. The molecule has 1 rings (SSSR count). The number of rotatable bonds is 6. The monoisotopic (exact) mass is 241 g/mol. The zero-order valence-electron chi connectivity index (χ0n) is 12.2. The van der Waals surface area contributed by atoms with E-state index in [1.165, 1.54) is 38.6 Å². The Bertz CT molecular complexity index is 194. The first kappa shape index (κ1) is 14.9. The zero-order valence-corrected chi connectivity index (χ0v) is 12.2. The smallest absolute Gasteiger partial charge is 0.0246 e. The summed E-state index contributed by atoms with van der Waals surface area (Å²) in [6, 6.07) is 1.44. The Labute approximate surface area is 108 Å². The normalized spacial score (nSPS) is 26.5. The van der Waals surface area contributed by atoms with Crippen LogP contribution in [0.2, 0.25) is 0 Å². The maximum atomic E-state index is 3.69. The van der Waals surface area contributed by atoms with Crippen LogP contribution in [0.3, 0.4) is 0 Å². The summed E-state index contributed by atoms with van der Waals surface area (Å²) in [7, 11) is 6.61. The number of likely N-dealkylation sites (N-methyl/N-ethyl adjacent to an activating group) is 3. The van der Waals surface area contributed by atoms with E-state index in [-0.39, 0.29) is 0 Å². The fraction of sp³-hybridized carbons (Fsp3) is 1.00. The Hall–Kier alpha value is -0.120. The van der Waals surface area contributed by atoms with Crippen molar-refractivity contribution in [1.29, 1.82) is 0 Å². The molecule has 0 heterocycles. The van der Waals surface area contributed by atoms with Crippen molar-refractivity contribution in [3.8, 4) is 0 Å². The Morgan fingerprint density at radius 2 is 1.71 bits per heavy atom. The van der Waals surface area contributed by atoms with Gasteiger partial charge in [-0.05, 0) is 40.5 Å². The lowest BCUT2D eigenvalue weighted by atomic mass is 10.0. The molecule has 0 aromatic rings. The molecule has 0 saturated heterocycles. The van der Waals surface area contributed by atoms with Gasteiger partial charge in [-0.15, -0.1) is 0 Å². The van der Waals surface area contributed by atoms with E-state index in [0.29, 0.717) is 6.04 Å². The van der Waals surface area contributed by atoms with Crippen LogP contribution < -0.4 is 5.32 Å². The van der Waals surface area contributed by atoms with Crippen LogP contribution >= 0.6 is 0 Å². The molecule has 3 nitrogen and oxygen atoms in total. The first-order valence-corrected chi connectivity index (χ1v) is 7.23. The summed E-state index contributed by atoms with van der Waals surface area (Å²) in [4.78, 5) is 4.84. The summed E-state index contributed by atoms with van der Waals surface area (Å²) in [6.45, 7) is 5.66. The van der Waals surface area contributed by atoms with Crippen molar-refractivity contribution in [2.75, 3.05) is 40.8 Å². The summed E-state index contributed by atoms with van der Waals surface area (Å²) in [5.41, 5.74) is 0. The summed E-state index contributed by atoms with van der Waals surface area (Å²) >= 11 is 0. The Morgan fingerprint density at radius 3 is 2.35 bits per heavy atom. The fourth-order valence-electron chi connectivity index (χ4n) is 2.84. The van der Waals surface area contributed by atoms with Crippen molar-refractivity contribution in [3.05, 3.63) is 0 Å². The molecule has 2 atom stereocenters. The minimum absolute atomic E-state index is 0.703. The highest BCUT2D eigenvalue weighted by Gasteiger charge is 2.25. The molecule has 1 aliphatic rings. The van der Waals surface area contributed by atoms with Gasteiger partial charge < -0.3 is 15.1 Å². The molecule has 0 aliphatic heterocycles. The highest BCUT2D eigenvalue weighted by molar-refractivity contribution is 4.85. The molecule has 0 spiro atoms. The summed E-state index contributed by atoms with van der Waals surface area (Å²) in [6.07, 6.45) is 6.93. The van der Waals surface area contributed by atoms with Crippen molar-refractivity contribution >= 4 is 0 Å². The van der Waals surface area contributed by atoms with E-state index in [2.05, 4.69) is 43.2 Å². The van der Waals surface area contributed by atoms with Gasteiger partial charge in [-0.25, -0.2) is 0 Å². The van der Waals surface area contributed by atoms with E-state index in [9.17, 15) is 0 Å². The minimum atomic E-state index is 0.703. The van der Waals surface area contributed by atoms with E-state index in [1.54, 1.807) is 0 Å². The van der Waals surface area contributed by atoms with Gasteiger partial charge in [0.1, 0.15) is 0 Å². The second kappa shape index (κ2) is 8.06. The third kappa shape index (κ3) is 5.36. The highest BCUT2D eigenvalue weighted by atomic mass is 15.2. The van der Waals surface area contributed by atoms with Gasteiger partial charge in [0.15, 0.2) is 0 Å². The van der Waals surface area contributed by atoms with Crippen molar-refractivity contribution < 1.29 is 0 Å². The van der Waals surface area contributed by atoms with Crippen molar-refractivity contribution in [2.45, 2.75) is 51.1 Å². The van der Waals surface area contributed by atoms with Gasteiger partial charge in [-0.1, -0.05) is 26.2 Å². The molecule has 1 saturated carbocycles. The van der Waals surface area contributed by atoms with Crippen LogP contribution in [0.1, 0.15) is 39.0 Å². The molecule has 0 amide bonds. The third-order valence-corrected chi connectivity index (χ3v) is 3.91. The predicted molar refractivity (Wildman–Crippen MR) is 75.5 cm³/mol. The molecule has 3 heteroatoms. The predicted octanol–water partition coefficient (Wildman–Crippen LogP) is 1.79.